The van der Waals surface area contributed by atoms with E-state index in [0.29, 0.717) is 10.0 Å². The van der Waals surface area contributed by atoms with Crippen LogP contribution in [0.2, 0.25) is 10.0 Å². The molecule has 116 valence electrons. The van der Waals surface area contributed by atoms with Gasteiger partial charge in [0.1, 0.15) is 0 Å². The molecule has 2 aromatic rings. The van der Waals surface area contributed by atoms with Crippen LogP contribution in [0.4, 0.5) is 0 Å². The molecule has 2 atom stereocenters. The van der Waals surface area contributed by atoms with E-state index in [0.717, 1.165) is 22.3 Å². The zero-order chi connectivity index (χ0) is 15.8. The number of halogens is 2. The van der Waals surface area contributed by atoms with E-state index in [1.54, 1.807) is 12.5 Å². The zero-order valence-corrected chi connectivity index (χ0v) is 13.4. The summed E-state index contributed by atoms with van der Waals surface area (Å²) >= 11 is 11.8. The van der Waals surface area contributed by atoms with Gasteiger partial charge in [0.15, 0.2) is 0 Å². The fourth-order valence-electron chi connectivity index (χ4n) is 2.54. The maximum Gasteiger partial charge on any atom is 0.233 e. The van der Waals surface area contributed by atoms with E-state index in [2.05, 4.69) is 0 Å². The Morgan fingerprint density at radius 1 is 0.609 bits per heavy atom. The third-order valence-electron chi connectivity index (χ3n) is 3.75. The van der Waals surface area contributed by atoms with Crippen molar-refractivity contribution in [3.8, 4) is 0 Å². The van der Waals surface area contributed by atoms with Gasteiger partial charge in [-0.2, -0.15) is 0 Å². The largest absolute Gasteiger partial charge is 0.467 e. The van der Waals surface area contributed by atoms with Crippen molar-refractivity contribution in [2.24, 2.45) is 0 Å². The molecule has 2 bridgehead atoms. The van der Waals surface area contributed by atoms with Crippen molar-refractivity contribution in [3.05, 3.63) is 82.2 Å². The Balaban J connectivity index is 1.59. The van der Waals surface area contributed by atoms with Crippen LogP contribution in [-0.4, -0.2) is 12.6 Å². The molecule has 0 N–H and O–H groups in total. The Labute approximate surface area is 143 Å². The highest BCUT2D eigenvalue weighted by atomic mass is 35.5. The van der Waals surface area contributed by atoms with Crippen LogP contribution in [0.1, 0.15) is 11.1 Å². The first-order chi connectivity index (χ1) is 11.2. The summed E-state index contributed by atoms with van der Waals surface area (Å²) in [6, 6.07) is 14.9. The third-order valence-corrected chi connectivity index (χ3v) is 4.25. The van der Waals surface area contributed by atoms with E-state index in [-0.39, 0.29) is 0 Å². The van der Waals surface area contributed by atoms with Gasteiger partial charge in [0.05, 0.1) is 23.7 Å². The van der Waals surface area contributed by atoms with E-state index < -0.39 is 12.6 Å². The highest BCUT2D eigenvalue weighted by molar-refractivity contribution is 6.30. The summed E-state index contributed by atoms with van der Waals surface area (Å²) < 4.78 is 17.4. The normalized spacial score (nSPS) is 22.5. The van der Waals surface area contributed by atoms with E-state index in [1.165, 1.54) is 0 Å². The monoisotopic (exact) mass is 346 g/mol. The number of benzene rings is 2. The predicted molar refractivity (Wildman–Crippen MR) is 89.7 cm³/mol. The van der Waals surface area contributed by atoms with E-state index in [9.17, 15) is 0 Å². The second kappa shape index (κ2) is 5.93. The lowest BCUT2D eigenvalue weighted by Crippen LogP contribution is -2.34. The third kappa shape index (κ3) is 2.83. The van der Waals surface area contributed by atoms with Crippen molar-refractivity contribution in [2.75, 3.05) is 0 Å². The second-order valence-electron chi connectivity index (χ2n) is 5.23. The Bertz CT molecular complexity index is 711. The van der Waals surface area contributed by atoms with E-state index in [4.69, 9.17) is 37.4 Å². The number of hydrogen-bond donors (Lipinski definition) is 0. The van der Waals surface area contributed by atoms with Crippen LogP contribution in [-0.2, 0) is 14.2 Å². The summed E-state index contributed by atoms with van der Waals surface area (Å²) in [5.74, 6) is 0. The summed E-state index contributed by atoms with van der Waals surface area (Å²) in [5, 5.41) is 1.36. The Morgan fingerprint density at radius 3 is 1.39 bits per heavy atom. The molecule has 3 nitrogen and oxygen atoms in total. The van der Waals surface area contributed by atoms with Crippen LogP contribution < -0.4 is 0 Å². The molecule has 2 aliphatic rings. The fourth-order valence-corrected chi connectivity index (χ4v) is 2.80. The molecule has 4 rings (SSSR count). The molecule has 2 aliphatic heterocycles. The number of fused-ring (bicyclic) bond motifs is 2. The molecule has 0 spiro atoms. The predicted octanol–water partition coefficient (Wildman–Crippen LogP) is 5.10. The minimum atomic E-state index is -0.494. The van der Waals surface area contributed by atoms with Gasteiger partial charge >= 0.3 is 0 Å². The van der Waals surface area contributed by atoms with Crippen molar-refractivity contribution >= 4 is 34.3 Å². The standard InChI is InChI=1S/C18H12Cl2O3/c19-13-5-1-11(2-6-13)15-9-21-18-16(10-22-17(15)23-18)12-3-7-14(20)8-4-12/h1-10,17-18H/t17-,18-/m1/s1. The van der Waals surface area contributed by atoms with Gasteiger partial charge in [0.2, 0.25) is 12.6 Å². The van der Waals surface area contributed by atoms with Gasteiger partial charge in [-0.3, -0.25) is 4.74 Å². The first-order valence-electron chi connectivity index (χ1n) is 7.09. The first-order valence-corrected chi connectivity index (χ1v) is 7.85. The van der Waals surface area contributed by atoms with E-state index >= 15 is 0 Å². The fraction of sp³-hybridized carbons (Fsp3) is 0.111. The summed E-state index contributed by atoms with van der Waals surface area (Å²) in [5.41, 5.74) is 3.54. The van der Waals surface area contributed by atoms with Gasteiger partial charge in [-0.05, 0) is 35.4 Å². The quantitative estimate of drug-likeness (QED) is 0.756. The van der Waals surface area contributed by atoms with Crippen molar-refractivity contribution in [1.82, 2.24) is 0 Å². The average Bonchev–Trinajstić information content (AvgIpc) is 2.58. The van der Waals surface area contributed by atoms with Crippen molar-refractivity contribution in [3.63, 3.8) is 0 Å². The van der Waals surface area contributed by atoms with Crippen molar-refractivity contribution < 1.29 is 14.2 Å². The molecule has 0 unspecified atom stereocenters. The van der Waals surface area contributed by atoms with Gasteiger partial charge < -0.3 is 9.47 Å². The molecule has 0 amide bonds. The minimum Gasteiger partial charge on any atom is -0.467 e. The van der Waals surface area contributed by atoms with Crippen molar-refractivity contribution in [1.29, 1.82) is 0 Å². The molecule has 0 radical (unpaired) electrons. The molecule has 5 heteroatoms. The number of ether oxygens (including phenoxy) is 3. The summed E-state index contributed by atoms with van der Waals surface area (Å²) in [6.07, 6.45) is 2.38. The molecule has 2 aromatic carbocycles. The zero-order valence-electron chi connectivity index (χ0n) is 11.9. The Hall–Kier alpha value is -1.94. The van der Waals surface area contributed by atoms with Gasteiger partial charge in [0, 0.05) is 10.0 Å². The average molecular weight is 347 g/mol. The maximum atomic E-state index is 5.92. The van der Waals surface area contributed by atoms with Crippen LogP contribution >= 0.6 is 23.2 Å². The lowest BCUT2D eigenvalue weighted by molar-refractivity contribution is -0.187. The van der Waals surface area contributed by atoms with Crippen molar-refractivity contribution in [2.45, 2.75) is 12.6 Å². The van der Waals surface area contributed by atoms with Gasteiger partial charge in [-0.1, -0.05) is 47.5 Å². The highest BCUT2D eigenvalue weighted by Gasteiger charge is 2.34. The molecule has 2 heterocycles. The highest BCUT2D eigenvalue weighted by Crippen LogP contribution is 2.37. The lowest BCUT2D eigenvalue weighted by atomic mass is 10.0. The lowest BCUT2D eigenvalue weighted by Gasteiger charge is -2.35. The second-order valence-corrected chi connectivity index (χ2v) is 6.11. The number of rotatable bonds is 2. The Kier molecular flexibility index (Phi) is 3.77. The molecular weight excluding hydrogens is 335 g/mol. The SMILES string of the molecule is Clc1ccc(C2=CO[C@@H]3O[C@H]2OC=C3c2ccc(Cl)cc2)cc1. The minimum absolute atomic E-state index is 0.494. The van der Waals surface area contributed by atoms with Crippen LogP contribution in [0.5, 0.6) is 0 Å². The maximum absolute atomic E-state index is 5.92. The molecule has 0 saturated heterocycles. The molecular formula is C18H12Cl2O3. The smallest absolute Gasteiger partial charge is 0.233 e. The molecule has 0 fully saturated rings. The number of hydrogen-bond acceptors (Lipinski definition) is 3. The van der Waals surface area contributed by atoms with Gasteiger partial charge in [0.25, 0.3) is 0 Å². The topological polar surface area (TPSA) is 27.7 Å². The summed E-state index contributed by atoms with van der Waals surface area (Å²) in [4.78, 5) is 0. The van der Waals surface area contributed by atoms with Crippen LogP contribution in [0.15, 0.2) is 61.1 Å². The van der Waals surface area contributed by atoms with E-state index in [1.807, 2.05) is 48.5 Å². The van der Waals surface area contributed by atoms with Gasteiger partial charge in [-0.25, -0.2) is 0 Å². The molecule has 0 aromatic heterocycles. The first kappa shape index (κ1) is 14.6. The Morgan fingerprint density at radius 2 is 1.00 bits per heavy atom. The van der Waals surface area contributed by atoms with Gasteiger partial charge in [-0.15, -0.1) is 0 Å². The molecule has 0 saturated carbocycles. The molecule has 0 aliphatic carbocycles. The van der Waals surface area contributed by atoms with Crippen LogP contribution in [0.3, 0.4) is 0 Å². The van der Waals surface area contributed by atoms with Crippen LogP contribution in [0, 0.1) is 0 Å². The summed E-state index contributed by atoms with van der Waals surface area (Å²) in [7, 11) is 0. The van der Waals surface area contributed by atoms with Crippen LogP contribution in [0.25, 0.3) is 11.1 Å². The molecule has 23 heavy (non-hydrogen) atoms. The summed E-state index contributed by atoms with van der Waals surface area (Å²) in [6.45, 7) is 0.